The summed E-state index contributed by atoms with van der Waals surface area (Å²) in [6.07, 6.45) is 0.233. The molecule has 40 heavy (non-hydrogen) atoms. The van der Waals surface area contributed by atoms with Crippen molar-refractivity contribution in [2.24, 2.45) is 10.2 Å². The smallest absolute Gasteiger partial charge is 0.870 e. The van der Waals surface area contributed by atoms with Crippen LogP contribution in [-0.4, -0.2) is 25.5 Å². The first kappa shape index (κ1) is 31.8. The molecule has 0 aliphatic carbocycles. The van der Waals surface area contributed by atoms with E-state index in [1.165, 1.54) is 18.2 Å². The largest absolute Gasteiger partial charge is 1.00 e. The van der Waals surface area contributed by atoms with Gasteiger partial charge in [0.25, 0.3) is 16.0 Å². The van der Waals surface area contributed by atoms with Crippen LogP contribution in [0.1, 0.15) is 29.8 Å². The molecule has 0 fully saturated rings. The molecular weight excluding hydrogens is 588 g/mol. The first-order chi connectivity index (χ1) is 18.5. The third kappa shape index (κ3) is 6.95. The molecule has 0 spiro atoms. The van der Waals surface area contributed by atoms with Crippen molar-refractivity contribution in [3.63, 3.8) is 0 Å². The number of aryl methyl sites for hydroxylation is 1. The fourth-order valence-electron chi connectivity index (χ4n) is 3.98. The SMILES string of the molecule is CCOc1ccc(Cl)c(NC(=O)c2cc3ccccc3c(N=Nc3cc(Cl)c(S(=O)(=O)O)c(CC)c3)c2[O-])c1.[Na+]. The summed E-state index contributed by atoms with van der Waals surface area (Å²) in [5, 5.41) is 25.4. The molecule has 0 radical (unpaired) electrons. The van der Waals surface area contributed by atoms with E-state index in [1.807, 2.05) is 6.92 Å². The maximum absolute atomic E-state index is 13.5. The van der Waals surface area contributed by atoms with Crippen molar-refractivity contribution in [2.45, 2.75) is 25.2 Å². The van der Waals surface area contributed by atoms with Gasteiger partial charge in [0.15, 0.2) is 0 Å². The predicted octanol–water partition coefficient (Wildman–Crippen LogP) is 4.10. The van der Waals surface area contributed by atoms with Gasteiger partial charge in [-0.1, -0.05) is 60.1 Å². The number of ether oxygens (including phenoxy) is 1. The van der Waals surface area contributed by atoms with E-state index in [-0.39, 0.29) is 74.2 Å². The number of halogens is 2. The van der Waals surface area contributed by atoms with E-state index in [2.05, 4.69) is 15.5 Å². The summed E-state index contributed by atoms with van der Waals surface area (Å²) < 4.78 is 38.5. The summed E-state index contributed by atoms with van der Waals surface area (Å²) in [5.41, 5.74) is 0.367. The zero-order chi connectivity index (χ0) is 28.3. The normalized spacial score (nSPS) is 11.4. The summed E-state index contributed by atoms with van der Waals surface area (Å²) >= 11 is 12.4. The Labute approximate surface area is 263 Å². The molecule has 0 heterocycles. The number of carbonyl (C=O) groups is 1. The number of hydrogen-bond acceptors (Lipinski definition) is 7. The van der Waals surface area contributed by atoms with Gasteiger partial charge in [-0.3, -0.25) is 9.35 Å². The molecular formula is C27H22Cl2N3NaO6S. The van der Waals surface area contributed by atoms with Gasteiger partial charge in [0.05, 0.1) is 33.7 Å². The van der Waals surface area contributed by atoms with Crippen LogP contribution in [0, 0.1) is 0 Å². The third-order valence-electron chi connectivity index (χ3n) is 5.73. The molecule has 4 aromatic rings. The molecule has 0 atom stereocenters. The number of hydrogen-bond donors (Lipinski definition) is 2. The molecule has 0 unspecified atom stereocenters. The van der Waals surface area contributed by atoms with Gasteiger partial charge in [0.2, 0.25) is 0 Å². The monoisotopic (exact) mass is 609 g/mol. The first-order valence-electron chi connectivity index (χ1n) is 11.7. The van der Waals surface area contributed by atoms with Crippen LogP contribution in [0.3, 0.4) is 0 Å². The number of fused-ring (bicyclic) bond motifs is 1. The average molecular weight is 610 g/mol. The Morgan fingerprint density at radius 1 is 1.02 bits per heavy atom. The molecule has 4 aromatic carbocycles. The van der Waals surface area contributed by atoms with Gasteiger partial charge in [0, 0.05) is 17.0 Å². The van der Waals surface area contributed by atoms with Gasteiger partial charge in [-0.2, -0.15) is 18.6 Å². The van der Waals surface area contributed by atoms with Gasteiger partial charge >= 0.3 is 29.6 Å². The van der Waals surface area contributed by atoms with Crippen molar-refractivity contribution in [1.29, 1.82) is 0 Å². The Morgan fingerprint density at radius 3 is 2.42 bits per heavy atom. The minimum atomic E-state index is -4.56. The summed E-state index contributed by atoms with van der Waals surface area (Å²) in [4.78, 5) is 12.8. The van der Waals surface area contributed by atoms with Crippen molar-refractivity contribution in [1.82, 2.24) is 0 Å². The van der Waals surface area contributed by atoms with E-state index in [0.29, 0.717) is 23.1 Å². The number of nitrogens with zero attached hydrogens (tertiary/aromatic N) is 2. The van der Waals surface area contributed by atoms with E-state index >= 15 is 0 Å². The van der Waals surface area contributed by atoms with Crippen molar-refractivity contribution in [3.8, 4) is 11.5 Å². The topological polar surface area (TPSA) is 140 Å². The molecule has 2 N–H and O–H groups in total. The van der Waals surface area contributed by atoms with Crippen molar-refractivity contribution >= 4 is 67.1 Å². The predicted molar refractivity (Wildman–Crippen MR) is 149 cm³/mol. The van der Waals surface area contributed by atoms with Crippen LogP contribution in [0.2, 0.25) is 10.0 Å². The number of azo groups is 1. The summed E-state index contributed by atoms with van der Waals surface area (Å²) in [6, 6.07) is 15.7. The maximum atomic E-state index is 13.5. The number of benzene rings is 4. The maximum Gasteiger partial charge on any atom is 1.00 e. The van der Waals surface area contributed by atoms with Crippen LogP contribution in [0.25, 0.3) is 10.8 Å². The number of nitrogens with one attached hydrogen (secondary N) is 1. The molecule has 0 saturated carbocycles. The number of rotatable bonds is 8. The molecule has 0 saturated heterocycles. The van der Waals surface area contributed by atoms with Crippen LogP contribution in [0.5, 0.6) is 11.5 Å². The zero-order valence-corrected chi connectivity index (χ0v) is 26.1. The van der Waals surface area contributed by atoms with Gasteiger partial charge in [0.1, 0.15) is 10.6 Å². The Kier molecular flexibility index (Phi) is 10.6. The van der Waals surface area contributed by atoms with Gasteiger partial charge in [-0.15, -0.1) is 0 Å². The fourth-order valence-corrected chi connectivity index (χ4v) is 5.51. The van der Waals surface area contributed by atoms with E-state index in [0.717, 1.165) is 0 Å². The average Bonchev–Trinajstić information content (AvgIpc) is 2.88. The Morgan fingerprint density at radius 2 is 1.75 bits per heavy atom. The van der Waals surface area contributed by atoms with Crippen LogP contribution in [0.4, 0.5) is 17.1 Å². The van der Waals surface area contributed by atoms with Crippen LogP contribution in [0.15, 0.2) is 75.8 Å². The van der Waals surface area contributed by atoms with E-state index < -0.39 is 26.7 Å². The molecule has 13 heteroatoms. The van der Waals surface area contributed by atoms with E-state index in [1.54, 1.807) is 49.4 Å². The standard InChI is InChI=1S/C27H23Cl2N3O6S.Na/c1-3-15-11-17(13-22(29)26(15)39(35,36)37)31-32-24-19-8-6-5-7-16(19)12-20(25(24)33)27(34)30-23-14-18(38-4-2)9-10-21(23)28;/h5-14,33H,3-4H2,1-2H3,(H,30,34)(H,35,36,37);/q;+1/p-1. The first-order valence-corrected chi connectivity index (χ1v) is 13.9. The minimum Gasteiger partial charge on any atom is -0.870 e. The minimum absolute atomic E-state index is 0. The van der Waals surface area contributed by atoms with Gasteiger partial charge in [-0.05, 0) is 54.6 Å². The quantitative estimate of drug-likeness (QED) is 0.175. The second kappa shape index (κ2) is 13.3. The number of carbonyl (C=O) groups excluding carboxylic acids is 1. The summed E-state index contributed by atoms with van der Waals surface area (Å²) in [7, 11) is -4.56. The Hall–Kier alpha value is -2.70. The molecule has 202 valence electrons. The van der Waals surface area contributed by atoms with Gasteiger partial charge < -0.3 is 15.2 Å². The third-order valence-corrected chi connectivity index (χ3v) is 7.46. The van der Waals surface area contributed by atoms with E-state index in [9.17, 15) is 22.9 Å². The van der Waals surface area contributed by atoms with Crippen molar-refractivity contribution in [2.75, 3.05) is 11.9 Å². The van der Waals surface area contributed by atoms with Gasteiger partial charge in [-0.25, -0.2) is 0 Å². The van der Waals surface area contributed by atoms with Crippen LogP contribution >= 0.6 is 23.2 Å². The van der Waals surface area contributed by atoms with E-state index in [4.69, 9.17) is 27.9 Å². The molecule has 1 amide bonds. The molecule has 4 rings (SSSR count). The second-order valence-corrected chi connectivity index (χ2v) is 10.5. The summed E-state index contributed by atoms with van der Waals surface area (Å²) in [5.74, 6) is -0.882. The fraction of sp³-hybridized carbons (Fsp3) is 0.148. The Bertz CT molecular complexity index is 1730. The molecule has 0 bridgehead atoms. The number of anilines is 1. The van der Waals surface area contributed by atoms with Crippen LogP contribution in [-0.2, 0) is 16.5 Å². The Balaban J connectivity index is 0.00000441. The molecule has 0 aliphatic rings. The molecule has 9 nitrogen and oxygen atoms in total. The molecule has 0 aliphatic heterocycles. The van der Waals surface area contributed by atoms with Crippen LogP contribution < -0.4 is 44.7 Å². The van der Waals surface area contributed by atoms with Crippen molar-refractivity contribution in [3.05, 3.63) is 81.8 Å². The molecule has 0 aromatic heterocycles. The van der Waals surface area contributed by atoms with Crippen molar-refractivity contribution < 1.29 is 57.2 Å². The number of amides is 1. The second-order valence-electron chi connectivity index (χ2n) is 8.30. The summed E-state index contributed by atoms with van der Waals surface area (Å²) in [6.45, 7) is 3.92. The zero-order valence-electron chi connectivity index (χ0n) is 21.7.